The molecule has 0 N–H and O–H groups in total. The van der Waals surface area contributed by atoms with E-state index >= 15 is 0 Å². The van der Waals surface area contributed by atoms with E-state index in [9.17, 15) is 0 Å². The first kappa shape index (κ1) is 6.96. The van der Waals surface area contributed by atoms with Crippen molar-refractivity contribution in [3.8, 4) is 0 Å². The molecule has 2 rings (SSSR count). The monoisotopic (exact) mass is 150 g/mol. The van der Waals surface area contributed by atoms with Crippen LogP contribution in [0.15, 0.2) is 23.5 Å². The Morgan fingerprint density at radius 2 is 2.45 bits per heavy atom. The van der Waals surface area contributed by atoms with Gasteiger partial charge in [0.25, 0.3) is 0 Å². The topological polar surface area (TPSA) is 9.23 Å². The molecule has 0 aromatic rings. The summed E-state index contributed by atoms with van der Waals surface area (Å²) in [4.78, 5) is 0. The predicted octanol–water partition coefficient (Wildman–Crippen LogP) is 2.65. The lowest BCUT2D eigenvalue weighted by atomic mass is 9.83. The van der Waals surface area contributed by atoms with Gasteiger partial charge < -0.3 is 4.74 Å². The molecular formula is C10H14O. The van der Waals surface area contributed by atoms with Crippen LogP contribution in [-0.2, 0) is 4.74 Å². The summed E-state index contributed by atoms with van der Waals surface area (Å²) < 4.78 is 5.35. The smallest absolute Gasteiger partial charge is 0.112 e. The van der Waals surface area contributed by atoms with Crippen molar-refractivity contribution in [1.82, 2.24) is 0 Å². The Morgan fingerprint density at radius 1 is 1.64 bits per heavy atom. The first-order valence-electron chi connectivity index (χ1n) is 4.26. The molecule has 2 aliphatic rings. The van der Waals surface area contributed by atoms with E-state index in [-0.39, 0.29) is 0 Å². The molecule has 1 atom stereocenters. The van der Waals surface area contributed by atoms with Crippen LogP contribution in [0.4, 0.5) is 0 Å². The van der Waals surface area contributed by atoms with E-state index in [4.69, 9.17) is 4.74 Å². The van der Waals surface area contributed by atoms with Gasteiger partial charge in [0.1, 0.15) is 6.61 Å². The number of ether oxygens (including phenoxy) is 1. The highest BCUT2D eigenvalue weighted by molar-refractivity contribution is 5.23. The minimum absolute atomic E-state index is 0.689. The average Bonchev–Trinajstić information content (AvgIpc) is 1.91. The van der Waals surface area contributed by atoms with Crippen molar-refractivity contribution in [2.24, 2.45) is 5.92 Å². The molecule has 0 spiro atoms. The van der Waals surface area contributed by atoms with Gasteiger partial charge in [-0.25, -0.2) is 0 Å². The lowest BCUT2D eigenvalue weighted by Crippen LogP contribution is -2.22. The van der Waals surface area contributed by atoms with Crippen molar-refractivity contribution >= 4 is 0 Å². The summed E-state index contributed by atoms with van der Waals surface area (Å²) >= 11 is 0. The molecule has 0 saturated carbocycles. The summed E-state index contributed by atoms with van der Waals surface area (Å²) in [7, 11) is 0. The molecule has 0 fully saturated rings. The van der Waals surface area contributed by atoms with Crippen molar-refractivity contribution in [2.75, 3.05) is 6.61 Å². The third-order valence-corrected chi connectivity index (χ3v) is 2.74. The molecule has 1 heteroatoms. The largest absolute Gasteiger partial charge is 0.493 e. The van der Waals surface area contributed by atoms with Crippen molar-refractivity contribution < 1.29 is 4.74 Å². The Kier molecular flexibility index (Phi) is 1.52. The molecule has 1 unspecified atom stereocenters. The number of rotatable bonds is 1. The molecule has 0 aromatic carbocycles. The van der Waals surface area contributed by atoms with E-state index in [1.807, 2.05) is 0 Å². The highest BCUT2D eigenvalue weighted by atomic mass is 16.5. The highest BCUT2D eigenvalue weighted by Gasteiger charge is 2.27. The van der Waals surface area contributed by atoms with Gasteiger partial charge in [-0.05, 0) is 25.7 Å². The van der Waals surface area contributed by atoms with Crippen LogP contribution in [0.1, 0.15) is 26.2 Å². The molecule has 60 valence electrons. The quantitative estimate of drug-likeness (QED) is 0.522. The van der Waals surface area contributed by atoms with Gasteiger partial charge in [-0.2, -0.15) is 0 Å². The molecule has 0 amide bonds. The summed E-state index contributed by atoms with van der Waals surface area (Å²) in [6.07, 6.45) is 3.65. The van der Waals surface area contributed by atoms with E-state index in [2.05, 4.69) is 13.5 Å². The molecule has 1 nitrogen and oxygen atoms in total. The van der Waals surface area contributed by atoms with Crippen molar-refractivity contribution in [2.45, 2.75) is 26.2 Å². The number of hydrogen-bond donors (Lipinski definition) is 0. The van der Waals surface area contributed by atoms with Gasteiger partial charge in [0.15, 0.2) is 0 Å². The fourth-order valence-corrected chi connectivity index (χ4v) is 1.79. The molecule has 0 bridgehead atoms. The Morgan fingerprint density at radius 3 is 2.91 bits per heavy atom. The second kappa shape index (κ2) is 2.40. The molecule has 0 saturated heterocycles. The fraction of sp³-hybridized carbons (Fsp3) is 0.600. The molecule has 0 radical (unpaired) electrons. The molecule has 1 aliphatic heterocycles. The lowest BCUT2D eigenvalue weighted by molar-refractivity contribution is 0.139. The Labute approximate surface area is 67.7 Å². The van der Waals surface area contributed by atoms with E-state index in [1.165, 1.54) is 24.2 Å². The summed E-state index contributed by atoms with van der Waals surface area (Å²) in [6.45, 7) is 7.01. The molecule has 1 aliphatic carbocycles. The van der Waals surface area contributed by atoms with Gasteiger partial charge in [-0.3, -0.25) is 0 Å². The summed E-state index contributed by atoms with van der Waals surface area (Å²) in [6, 6.07) is 0. The van der Waals surface area contributed by atoms with Crippen LogP contribution < -0.4 is 0 Å². The van der Waals surface area contributed by atoms with Crippen molar-refractivity contribution in [3.05, 3.63) is 23.5 Å². The predicted molar refractivity (Wildman–Crippen MR) is 45.1 cm³/mol. The van der Waals surface area contributed by atoms with Gasteiger partial charge in [0.2, 0.25) is 0 Å². The van der Waals surface area contributed by atoms with E-state index in [1.54, 1.807) is 5.57 Å². The second-order valence-electron chi connectivity index (χ2n) is 3.60. The van der Waals surface area contributed by atoms with Gasteiger partial charge in [0.05, 0.1) is 5.76 Å². The molecular weight excluding hydrogens is 136 g/mol. The first-order chi connectivity index (χ1) is 5.27. The van der Waals surface area contributed by atoms with Crippen LogP contribution in [0.25, 0.3) is 0 Å². The van der Waals surface area contributed by atoms with Crippen molar-refractivity contribution in [3.63, 3.8) is 0 Å². The Balaban J connectivity index is 2.07. The molecule has 1 heterocycles. The van der Waals surface area contributed by atoms with Gasteiger partial charge >= 0.3 is 0 Å². The number of hydrogen-bond acceptors (Lipinski definition) is 1. The van der Waals surface area contributed by atoms with Crippen molar-refractivity contribution in [1.29, 1.82) is 0 Å². The van der Waals surface area contributed by atoms with E-state index < -0.39 is 0 Å². The highest BCUT2D eigenvalue weighted by Crippen LogP contribution is 2.38. The standard InChI is InChI=1S/C10H14O/c1-7(2)8-3-4-9-6-11-10(9)5-8/h8H,1,3-6H2,2H3. The summed E-state index contributed by atoms with van der Waals surface area (Å²) in [5, 5.41) is 0. The third kappa shape index (κ3) is 1.09. The average molecular weight is 150 g/mol. The SMILES string of the molecule is C=C(C)C1CCC2=C(C1)OC2. The summed E-state index contributed by atoms with van der Waals surface area (Å²) in [5.74, 6) is 1.96. The maximum absolute atomic E-state index is 5.35. The van der Waals surface area contributed by atoms with Gasteiger partial charge in [-0.1, -0.05) is 12.2 Å². The first-order valence-corrected chi connectivity index (χ1v) is 4.26. The maximum Gasteiger partial charge on any atom is 0.112 e. The zero-order chi connectivity index (χ0) is 7.84. The summed E-state index contributed by atoms with van der Waals surface area (Å²) in [5.41, 5.74) is 2.87. The van der Waals surface area contributed by atoms with Crippen LogP contribution >= 0.6 is 0 Å². The Bertz CT molecular complexity index is 225. The van der Waals surface area contributed by atoms with Gasteiger partial charge in [0, 0.05) is 12.0 Å². The third-order valence-electron chi connectivity index (χ3n) is 2.74. The fourth-order valence-electron chi connectivity index (χ4n) is 1.79. The maximum atomic E-state index is 5.35. The molecule has 0 aromatic heterocycles. The van der Waals surface area contributed by atoms with Crippen LogP contribution in [0.2, 0.25) is 0 Å². The zero-order valence-electron chi connectivity index (χ0n) is 7.02. The van der Waals surface area contributed by atoms with Gasteiger partial charge in [-0.15, -0.1) is 0 Å². The van der Waals surface area contributed by atoms with Crippen LogP contribution in [0.3, 0.4) is 0 Å². The minimum atomic E-state index is 0.689. The van der Waals surface area contributed by atoms with Crippen LogP contribution in [-0.4, -0.2) is 6.61 Å². The normalized spacial score (nSPS) is 28.6. The molecule has 11 heavy (non-hydrogen) atoms. The van der Waals surface area contributed by atoms with E-state index in [0.717, 1.165) is 13.0 Å². The van der Waals surface area contributed by atoms with Crippen LogP contribution in [0, 0.1) is 5.92 Å². The zero-order valence-corrected chi connectivity index (χ0v) is 7.02. The van der Waals surface area contributed by atoms with E-state index in [0.29, 0.717) is 5.92 Å². The lowest BCUT2D eigenvalue weighted by Gasteiger charge is -2.33. The second-order valence-corrected chi connectivity index (χ2v) is 3.60. The minimum Gasteiger partial charge on any atom is -0.493 e. The number of allylic oxidation sites excluding steroid dienone is 2. The van der Waals surface area contributed by atoms with Crippen LogP contribution in [0.5, 0.6) is 0 Å². The Hall–Kier alpha value is -0.720.